The van der Waals surface area contributed by atoms with Gasteiger partial charge in [0.25, 0.3) is 0 Å². The Hall–Kier alpha value is -5.41. The van der Waals surface area contributed by atoms with Crippen LogP contribution in [0.4, 0.5) is 4.79 Å². The fourth-order valence-corrected chi connectivity index (χ4v) is 10.4. The largest absolute Gasteiger partial charge is 0.468 e. The van der Waals surface area contributed by atoms with Crippen molar-refractivity contribution < 1.29 is 38.2 Å². The van der Waals surface area contributed by atoms with Gasteiger partial charge in [0.2, 0.25) is 23.6 Å². The van der Waals surface area contributed by atoms with E-state index in [-0.39, 0.29) is 42.0 Å². The Labute approximate surface area is 406 Å². The van der Waals surface area contributed by atoms with E-state index >= 15 is 0 Å². The van der Waals surface area contributed by atoms with E-state index in [0.29, 0.717) is 13.0 Å². The monoisotopic (exact) mass is 953 g/mol. The summed E-state index contributed by atoms with van der Waals surface area (Å²) in [5, 5.41) is 12.2. The van der Waals surface area contributed by atoms with Crippen molar-refractivity contribution >= 4 is 47.5 Å². The third-order valence-electron chi connectivity index (χ3n) is 13.4. The third kappa shape index (κ3) is 13.2. The minimum atomic E-state index is -1.24. The molecule has 6 rings (SSSR count). The molecule has 68 heavy (non-hydrogen) atoms. The Balaban J connectivity index is 1.26. The fraction of sp³-hybridized carbons (Fsp3) is 0.547. The molecule has 0 spiro atoms. The maximum absolute atomic E-state index is 14.5. The van der Waals surface area contributed by atoms with Crippen molar-refractivity contribution in [2.45, 2.75) is 159 Å². The zero-order valence-corrected chi connectivity index (χ0v) is 42.1. The Morgan fingerprint density at radius 1 is 0.765 bits per heavy atom. The number of esters is 1. The van der Waals surface area contributed by atoms with Gasteiger partial charge in [-0.25, -0.2) is 4.79 Å². The normalized spacial score (nSPS) is 20.6. The van der Waals surface area contributed by atoms with Crippen LogP contribution in [0.3, 0.4) is 0 Å². The van der Waals surface area contributed by atoms with Crippen molar-refractivity contribution in [3.05, 3.63) is 106 Å². The summed E-state index contributed by atoms with van der Waals surface area (Å²) in [7, 11) is 1.28. The van der Waals surface area contributed by atoms with Gasteiger partial charge in [-0.3, -0.25) is 24.0 Å². The van der Waals surface area contributed by atoms with Crippen LogP contribution in [0.25, 0.3) is 0 Å². The van der Waals surface area contributed by atoms with Gasteiger partial charge in [-0.05, 0) is 118 Å². The lowest BCUT2D eigenvalue weighted by Gasteiger charge is -2.35. The van der Waals surface area contributed by atoms with Crippen LogP contribution in [0.5, 0.6) is 0 Å². The van der Waals surface area contributed by atoms with Crippen molar-refractivity contribution in [1.29, 1.82) is 0 Å². The predicted octanol–water partition coefficient (Wildman–Crippen LogP) is 6.74. The van der Waals surface area contributed by atoms with E-state index in [2.05, 4.69) is 39.5 Å². The van der Waals surface area contributed by atoms with Crippen LogP contribution >= 0.6 is 11.8 Å². The van der Waals surface area contributed by atoms with E-state index in [4.69, 9.17) is 15.2 Å². The number of methoxy groups -OCH3 is 1. The molecule has 7 unspecified atom stereocenters. The number of carbonyl (C=O) groups is 6. The summed E-state index contributed by atoms with van der Waals surface area (Å²) in [6.07, 6.45) is 4.93. The SMILES string of the molecule is COC(=O)CSC(C)(C)C(NC(=O)OC(C)(C)C)C(=O)NC(Cc1ccc(C2CC(C(=O)NC3CCCc4ccccc43)N(C(=O)C(N)C(C)(C)C)C2)cc1)C(=O)NC1CCCc2ccccc21. The number of likely N-dealkylation sites (tertiary alicyclic amines) is 1. The molecule has 3 aliphatic rings. The number of carbonyl (C=O) groups excluding carboxylic acids is 6. The number of alkyl carbamates (subject to hydrolysis) is 1. The molecule has 5 amide bonds. The minimum absolute atomic E-state index is 0.0859. The highest BCUT2D eigenvalue weighted by Crippen LogP contribution is 2.37. The molecule has 2 aliphatic carbocycles. The summed E-state index contributed by atoms with van der Waals surface area (Å²) in [4.78, 5) is 84.6. The average Bonchev–Trinajstić information content (AvgIpc) is 3.75. The van der Waals surface area contributed by atoms with Crippen LogP contribution in [-0.4, -0.2) is 94.5 Å². The van der Waals surface area contributed by atoms with Gasteiger partial charge >= 0.3 is 12.1 Å². The number of hydrogen-bond donors (Lipinski definition) is 5. The first-order valence-electron chi connectivity index (χ1n) is 24.0. The van der Waals surface area contributed by atoms with Gasteiger partial charge in [0.1, 0.15) is 23.7 Å². The number of amides is 5. The Bertz CT molecular complexity index is 2310. The van der Waals surface area contributed by atoms with E-state index < -0.39 is 63.8 Å². The molecule has 14 nitrogen and oxygen atoms in total. The van der Waals surface area contributed by atoms with Gasteiger partial charge in [0.05, 0.1) is 31.0 Å². The lowest BCUT2D eigenvalue weighted by atomic mass is 9.86. The van der Waals surface area contributed by atoms with Crippen molar-refractivity contribution in [2.24, 2.45) is 11.1 Å². The first-order chi connectivity index (χ1) is 32.0. The van der Waals surface area contributed by atoms with E-state index in [0.717, 1.165) is 78.1 Å². The van der Waals surface area contributed by atoms with Crippen molar-refractivity contribution in [3.63, 3.8) is 0 Å². The van der Waals surface area contributed by atoms with Crippen LogP contribution in [0, 0.1) is 5.41 Å². The first kappa shape index (κ1) is 52.0. The number of ether oxygens (including phenoxy) is 2. The standard InChI is InChI=1S/C53H72N6O8S/c1-51(2,3)44(54)49(64)59-30-36(29-42(59)47(62)56-40-23-15-19-35-17-11-13-21-38(35)40)33-26-24-32(25-27-33)28-41(46(61)55-39-22-14-18-34-16-10-12-20-37(34)39)57-48(63)45(58-50(65)67-52(4,5)6)53(7,8)68-31-43(60)66-9/h10-13,16-17,20-21,24-27,36,39-42,44-45H,14-15,18-19,22-23,28-31,54H2,1-9H3,(H,55,61)(H,56,62)(H,57,63)(H,58,65). The zero-order chi connectivity index (χ0) is 49.6. The lowest BCUT2D eigenvalue weighted by Crippen LogP contribution is -2.60. The molecular weight excluding hydrogens is 881 g/mol. The second-order valence-corrected chi connectivity index (χ2v) is 22.8. The number of hydrogen-bond acceptors (Lipinski definition) is 10. The summed E-state index contributed by atoms with van der Waals surface area (Å²) in [5.41, 5.74) is 11.4. The molecule has 3 aromatic rings. The topological polar surface area (TPSA) is 198 Å². The highest BCUT2D eigenvalue weighted by Gasteiger charge is 2.45. The van der Waals surface area contributed by atoms with Crippen molar-refractivity contribution in [2.75, 3.05) is 19.4 Å². The van der Waals surface area contributed by atoms with Gasteiger partial charge in [0.15, 0.2) is 0 Å². The summed E-state index contributed by atoms with van der Waals surface area (Å²) in [6, 6.07) is 19.7. The molecule has 368 valence electrons. The molecule has 1 aliphatic heterocycles. The third-order valence-corrected chi connectivity index (χ3v) is 14.7. The number of nitrogens with zero attached hydrogens (tertiary/aromatic N) is 1. The molecule has 0 saturated carbocycles. The Morgan fingerprint density at radius 3 is 1.90 bits per heavy atom. The van der Waals surface area contributed by atoms with Crippen LogP contribution in [0.15, 0.2) is 72.8 Å². The van der Waals surface area contributed by atoms with E-state index in [1.165, 1.54) is 12.7 Å². The van der Waals surface area contributed by atoms with E-state index in [1.54, 1.807) is 39.5 Å². The molecule has 3 aromatic carbocycles. The smallest absolute Gasteiger partial charge is 0.408 e. The van der Waals surface area contributed by atoms with Crippen molar-refractivity contribution in [1.82, 2.24) is 26.2 Å². The molecule has 0 bridgehead atoms. The van der Waals surface area contributed by atoms with Crippen LogP contribution in [0.1, 0.15) is 139 Å². The summed E-state index contributed by atoms with van der Waals surface area (Å²) < 4.78 is 9.34. The molecular formula is C53H72N6O8S. The first-order valence-corrected chi connectivity index (χ1v) is 24.9. The Kier molecular flexibility index (Phi) is 16.7. The molecule has 1 saturated heterocycles. The maximum Gasteiger partial charge on any atom is 0.408 e. The number of fused-ring (bicyclic) bond motifs is 2. The number of aryl methyl sites for hydroxylation is 2. The maximum atomic E-state index is 14.5. The summed E-state index contributed by atoms with van der Waals surface area (Å²) in [6.45, 7) is 14.7. The number of nitrogens with one attached hydrogen (secondary N) is 4. The number of benzene rings is 3. The number of thioether (sulfide) groups is 1. The predicted molar refractivity (Wildman–Crippen MR) is 265 cm³/mol. The van der Waals surface area contributed by atoms with Gasteiger partial charge in [0, 0.05) is 23.6 Å². The summed E-state index contributed by atoms with van der Waals surface area (Å²) in [5.74, 6) is -2.25. The van der Waals surface area contributed by atoms with Crippen molar-refractivity contribution in [3.8, 4) is 0 Å². The summed E-state index contributed by atoms with van der Waals surface area (Å²) >= 11 is 1.13. The second kappa shape index (κ2) is 21.9. The van der Waals surface area contributed by atoms with Crippen LogP contribution < -0.4 is 27.0 Å². The highest BCUT2D eigenvalue weighted by atomic mass is 32.2. The minimum Gasteiger partial charge on any atom is -0.468 e. The number of nitrogens with two attached hydrogens (primary N) is 1. The van der Waals surface area contributed by atoms with E-state index in [9.17, 15) is 28.8 Å². The molecule has 0 radical (unpaired) electrons. The van der Waals surface area contributed by atoms with Crippen LogP contribution in [-0.2, 0) is 52.7 Å². The molecule has 15 heteroatoms. The molecule has 6 N–H and O–H groups in total. The van der Waals surface area contributed by atoms with Gasteiger partial charge in [-0.1, -0.05) is 93.6 Å². The number of rotatable bonds is 15. The molecule has 7 atom stereocenters. The molecule has 0 aromatic heterocycles. The molecule has 1 fully saturated rings. The van der Waals surface area contributed by atoms with Gasteiger partial charge in [-0.15, -0.1) is 11.8 Å². The average molecular weight is 953 g/mol. The highest BCUT2D eigenvalue weighted by molar-refractivity contribution is 8.01. The quantitative estimate of drug-likeness (QED) is 0.102. The fourth-order valence-electron chi connectivity index (χ4n) is 9.46. The van der Waals surface area contributed by atoms with Gasteiger partial charge < -0.3 is 41.4 Å². The van der Waals surface area contributed by atoms with Crippen LogP contribution in [0.2, 0.25) is 0 Å². The van der Waals surface area contributed by atoms with Gasteiger partial charge in [-0.2, -0.15) is 0 Å². The Morgan fingerprint density at radius 2 is 1.34 bits per heavy atom. The van der Waals surface area contributed by atoms with E-state index in [1.807, 2.05) is 75.4 Å². The zero-order valence-electron chi connectivity index (χ0n) is 41.2. The molecule has 1 heterocycles. The second-order valence-electron chi connectivity index (χ2n) is 21.1. The lowest BCUT2D eigenvalue weighted by molar-refractivity contribution is -0.141.